The van der Waals surface area contributed by atoms with Gasteiger partial charge in [0, 0.05) is 35.9 Å². The average molecular weight is 358 g/mol. The van der Waals surface area contributed by atoms with Crippen LogP contribution in [0.3, 0.4) is 0 Å². The van der Waals surface area contributed by atoms with Crippen LogP contribution in [0.5, 0.6) is 0 Å². The van der Waals surface area contributed by atoms with Crippen molar-refractivity contribution in [2.24, 2.45) is 0 Å². The van der Waals surface area contributed by atoms with Gasteiger partial charge < -0.3 is 5.32 Å². The number of halogens is 1. The van der Waals surface area contributed by atoms with E-state index in [1.807, 2.05) is 19.1 Å². The lowest BCUT2D eigenvalue weighted by Gasteiger charge is -2.19. The largest absolute Gasteiger partial charge is 0.355 e. The Morgan fingerprint density at radius 3 is 2.92 bits per heavy atom. The zero-order valence-corrected chi connectivity index (χ0v) is 15.0. The van der Waals surface area contributed by atoms with Crippen molar-refractivity contribution in [3.63, 3.8) is 0 Å². The molecular formula is C19H20ClN3O2. The molecule has 1 unspecified atom stereocenters. The van der Waals surface area contributed by atoms with Gasteiger partial charge in [-0.25, -0.2) is 4.98 Å². The van der Waals surface area contributed by atoms with E-state index in [-0.39, 0.29) is 17.7 Å². The lowest BCUT2D eigenvalue weighted by Crippen LogP contribution is -2.28. The third-order valence-corrected chi connectivity index (χ3v) is 4.92. The van der Waals surface area contributed by atoms with Crippen LogP contribution in [0.25, 0.3) is 0 Å². The molecule has 1 saturated heterocycles. The summed E-state index contributed by atoms with van der Waals surface area (Å²) in [6.45, 7) is 2.59. The number of carbonyl (C=O) groups excluding carboxylic acids is 2. The number of amides is 2. The van der Waals surface area contributed by atoms with Crippen molar-refractivity contribution in [3.05, 3.63) is 58.2 Å². The van der Waals surface area contributed by atoms with Crippen LogP contribution in [-0.4, -0.2) is 30.4 Å². The van der Waals surface area contributed by atoms with Crippen LogP contribution in [0.15, 0.2) is 36.5 Å². The van der Waals surface area contributed by atoms with Crippen LogP contribution in [0.1, 0.15) is 40.7 Å². The maximum Gasteiger partial charge on any atom is 0.251 e. The maximum absolute atomic E-state index is 13.0. The molecule has 1 N–H and O–H groups in total. The van der Waals surface area contributed by atoms with Gasteiger partial charge in [-0.1, -0.05) is 30.7 Å². The summed E-state index contributed by atoms with van der Waals surface area (Å²) in [6, 6.07) is 8.98. The van der Waals surface area contributed by atoms with Crippen molar-refractivity contribution >= 4 is 29.2 Å². The average Bonchev–Trinajstić information content (AvgIpc) is 3.02. The number of hydrogen-bond donors (Lipinski definition) is 1. The van der Waals surface area contributed by atoms with E-state index in [9.17, 15) is 9.59 Å². The summed E-state index contributed by atoms with van der Waals surface area (Å²) < 4.78 is 0. The van der Waals surface area contributed by atoms with Crippen LogP contribution in [-0.2, 0) is 11.2 Å². The summed E-state index contributed by atoms with van der Waals surface area (Å²) in [5.74, 6) is 0.215. The molecule has 1 fully saturated rings. The van der Waals surface area contributed by atoms with Crippen LogP contribution in [0.2, 0.25) is 5.02 Å². The van der Waals surface area contributed by atoms with Crippen molar-refractivity contribution < 1.29 is 9.59 Å². The summed E-state index contributed by atoms with van der Waals surface area (Å²) >= 11 is 6.26. The Bertz CT molecular complexity index is 822. The van der Waals surface area contributed by atoms with E-state index in [2.05, 4.69) is 10.3 Å². The molecular weight excluding hydrogens is 338 g/mol. The van der Waals surface area contributed by atoms with E-state index in [0.29, 0.717) is 35.8 Å². The Morgan fingerprint density at radius 1 is 1.40 bits per heavy atom. The monoisotopic (exact) mass is 357 g/mol. The topological polar surface area (TPSA) is 62.3 Å². The highest BCUT2D eigenvalue weighted by Gasteiger charge is 2.35. The highest BCUT2D eigenvalue weighted by Crippen LogP contribution is 2.35. The molecule has 2 aromatic rings. The normalized spacial score (nSPS) is 17.0. The first-order valence-electron chi connectivity index (χ1n) is 8.33. The summed E-state index contributed by atoms with van der Waals surface area (Å²) in [5.41, 5.74) is 2.30. The van der Waals surface area contributed by atoms with Gasteiger partial charge in [-0.2, -0.15) is 0 Å². The summed E-state index contributed by atoms with van der Waals surface area (Å²) in [5, 5.41) is 3.24. The van der Waals surface area contributed by atoms with Gasteiger partial charge in [-0.3, -0.25) is 14.5 Å². The Labute approximate surface area is 152 Å². The van der Waals surface area contributed by atoms with E-state index >= 15 is 0 Å². The molecule has 2 amide bonds. The molecule has 5 nitrogen and oxygen atoms in total. The first kappa shape index (κ1) is 17.4. The molecule has 1 aromatic heterocycles. The smallest absolute Gasteiger partial charge is 0.251 e. The number of aromatic nitrogens is 1. The Kier molecular flexibility index (Phi) is 5.04. The summed E-state index contributed by atoms with van der Waals surface area (Å²) in [4.78, 5) is 30.9. The highest BCUT2D eigenvalue weighted by molar-refractivity contribution is 6.31. The first-order chi connectivity index (χ1) is 12.1. The SMILES string of the molecule is CCc1c(Cl)ccnc1N1CCC(c2cccc(C(=O)NC)c2)C1=O. The highest BCUT2D eigenvalue weighted by atomic mass is 35.5. The van der Waals surface area contributed by atoms with Gasteiger partial charge in [0.1, 0.15) is 5.82 Å². The third-order valence-electron chi connectivity index (χ3n) is 4.57. The quantitative estimate of drug-likeness (QED) is 0.914. The van der Waals surface area contributed by atoms with Crippen LogP contribution >= 0.6 is 11.6 Å². The Morgan fingerprint density at radius 2 is 2.20 bits per heavy atom. The molecule has 6 heteroatoms. The van der Waals surface area contributed by atoms with Gasteiger partial charge in [-0.15, -0.1) is 0 Å². The molecule has 2 heterocycles. The molecule has 1 aliphatic heterocycles. The van der Waals surface area contributed by atoms with Crippen LogP contribution < -0.4 is 10.2 Å². The lowest BCUT2D eigenvalue weighted by atomic mass is 9.96. The van der Waals surface area contributed by atoms with E-state index in [1.54, 1.807) is 36.3 Å². The second-order valence-corrected chi connectivity index (χ2v) is 6.39. The van der Waals surface area contributed by atoms with Gasteiger partial charge in [0.2, 0.25) is 5.91 Å². The van der Waals surface area contributed by atoms with E-state index in [4.69, 9.17) is 11.6 Å². The molecule has 0 bridgehead atoms. The number of hydrogen-bond acceptors (Lipinski definition) is 3. The van der Waals surface area contributed by atoms with Crippen LogP contribution in [0, 0.1) is 0 Å². The number of anilines is 1. The predicted molar refractivity (Wildman–Crippen MR) is 98.2 cm³/mol. The zero-order valence-electron chi connectivity index (χ0n) is 14.3. The molecule has 25 heavy (non-hydrogen) atoms. The second kappa shape index (κ2) is 7.23. The third kappa shape index (κ3) is 3.24. The minimum absolute atomic E-state index is 0.00137. The number of benzene rings is 1. The molecule has 130 valence electrons. The molecule has 1 aromatic carbocycles. The number of pyridine rings is 1. The molecule has 0 spiro atoms. The number of nitrogens with one attached hydrogen (secondary N) is 1. The zero-order chi connectivity index (χ0) is 18.0. The molecule has 1 atom stereocenters. The van der Waals surface area contributed by atoms with Crippen molar-refractivity contribution in [3.8, 4) is 0 Å². The fraction of sp³-hybridized carbons (Fsp3) is 0.316. The second-order valence-electron chi connectivity index (χ2n) is 5.98. The number of nitrogens with zero attached hydrogens (tertiary/aromatic N) is 2. The van der Waals surface area contributed by atoms with Crippen molar-refractivity contribution in [1.29, 1.82) is 0 Å². The van der Waals surface area contributed by atoms with Crippen molar-refractivity contribution in [2.75, 3.05) is 18.5 Å². The summed E-state index contributed by atoms with van der Waals surface area (Å²) in [7, 11) is 1.59. The fourth-order valence-corrected chi connectivity index (χ4v) is 3.53. The first-order valence-corrected chi connectivity index (χ1v) is 8.71. The van der Waals surface area contributed by atoms with Gasteiger partial charge >= 0.3 is 0 Å². The Balaban J connectivity index is 1.91. The van der Waals surface area contributed by atoms with Gasteiger partial charge in [-0.05, 0) is 36.6 Å². The maximum atomic E-state index is 13.0. The van der Waals surface area contributed by atoms with Crippen molar-refractivity contribution in [2.45, 2.75) is 25.7 Å². The van der Waals surface area contributed by atoms with Gasteiger partial charge in [0.05, 0.1) is 5.92 Å². The number of rotatable bonds is 4. The minimum Gasteiger partial charge on any atom is -0.355 e. The fourth-order valence-electron chi connectivity index (χ4n) is 3.26. The number of carbonyl (C=O) groups is 2. The molecule has 3 rings (SSSR count). The van der Waals surface area contributed by atoms with Gasteiger partial charge in [0.15, 0.2) is 0 Å². The lowest BCUT2D eigenvalue weighted by molar-refractivity contribution is -0.118. The molecule has 1 aliphatic rings. The molecule has 0 radical (unpaired) electrons. The van der Waals surface area contributed by atoms with Crippen molar-refractivity contribution in [1.82, 2.24) is 10.3 Å². The summed E-state index contributed by atoms with van der Waals surface area (Å²) in [6.07, 6.45) is 3.03. The standard InChI is InChI=1S/C19H20ClN3O2/c1-3-14-16(20)7-9-22-17(14)23-10-8-15(19(23)25)12-5-4-6-13(11-12)18(24)21-2/h4-7,9,11,15H,3,8,10H2,1-2H3,(H,21,24). The predicted octanol–water partition coefficient (Wildman–Crippen LogP) is 3.18. The minimum atomic E-state index is -0.268. The van der Waals surface area contributed by atoms with E-state index in [1.165, 1.54) is 0 Å². The van der Waals surface area contributed by atoms with E-state index in [0.717, 1.165) is 11.1 Å². The van der Waals surface area contributed by atoms with Crippen LogP contribution in [0.4, 0.5) is 5.82 Å². The van der Waals surface area contributed by atoms with E-state index < -0.39 is 0 Å². The van der Waals surface area contributed by atoms with Gasteiger partial charge in [0.25, 0.3) is 5.91 Å². The molecule has 0 aliphatic carbocycles. The molecule has 0 saturated carbocycles. The Hall–Kier alpha value is -2.40.